The minimum atomic E-state index is -1.41. The van der Waals surface area contributed by atoms with Crippen LogP contribution in [0.4, 0.5) is 10.5 Å². The standard InChI is InChI=1S/C9H5Cl2NO2.C7H4ClNO4.C4H5NO3S/c10-4-1-6(11)5-3-8(9(13)14)12-7(5)2-4;8-4-2-1-3-5(9(12)13)6(4)7(10)11;6-3(7)2-1-9-4(8)5-2/h1-3,12H,(H,13,14);1-3H,(H,10,11);2H,1H2,(H,5,8)(H,6,7). The summed E-state index contributed by atoms with van der Waals surface area (Å²) < 4.78 is 0. The number of hydrogen-bond donors (Lipinski definition) is 5. The number of amides is 1. The van der Waals surface area contributed by atoms with Gasteiger partial charge in [0.25, 0.3) is 10.9 Å². The minimum Gasteiger partial charge on any atom is -0.480 e. The normalized spacial score (nSPS) is 14.1. The van der Waals surface area contributed by atoms with Crippen molar-refractivity contribution in [2.45, 2.75) is 6.04 Å². The summed E-state index contributed by atoms with van der Waals surface area (Å²) in [7, 11) is 0. The van der Waals surface area contributed by atoms with Gasteiger partial charge in [-0.15, -0.1) is 0 Å². The number of thioether (sulfide) groups is 1. The second-order valence-corrected chi connectivity index (χ2v) is 8.91. The number of hydrogen-bond acceptors (Lipinski definition) is 7. The Morgan fingerprint density at radius 1 is 1.03 bits per heavy atom. The molecule has 36 heavy (non-hydrogen) atoms. The van der Waals surface area contributed by atoms with Gasteiger partial charge in [-0.3, -0.25) is 14.9 Å². The van der Waals surface area contributed by atoms with Crippen LogP contribution in [0.25, 0.3) is 10.9 Å². The number of aromatic amines is 1. The molecule has 1 unspecified atom stereocenters. The molecule has 0 saturated carbocycles. The van der Waals surface area contributed by atoms with E-state index in [1.807, 2.05) is 0 Å². The number of aliphatic carboxylic acids is 1. The van der Waals surface area contributed by atoms with Gasteiger partial charge in [0.1, 0.15) is 11.7 Å². The molecular weight excluding hydrogens is 565 g/mol. The molecule has 5 N–H and O–H groups in total. The van der Waals surface area contributed by atoms with E-state index in [0.29, 0.717) is 26.7 Å². The fraction of sp³-hybridized carbons (Fsp3) is 0.100. The highest BCUT2D eigenvalue weighted by Gasteiger charge is 2.27. The van der Waals surface area contributed by atoms with Crippen LogP contribution in [0.15, 0.2) is 36.4 Å². The topological polar surface area (TPSA) is 200 Å². The number of carboxylic acids is 3. The fourth-order valence-electron chi connectivity index (χ4n) is 2.67. The van der Waals surface area contributed by atoms with E-state index >= 15 is 0 Å². The van der Waals surface area contributed by atoms with Crippen molar-refractivity contribution in [2.24, 2.45) is 0 Å². The predicted octanol–water partition coefficient (Wildman–Crippen LogP) is 5.02. The number of nitro groups is 1. The summed E-state index contributed by atoms with van der Waals surface area (Å²) in [5, 5.41) is 39.5. The monoisotopic (exact) mass is 577 g/mol. The fourth-order valence-corrected chi connectivity index (χ4v) is 4.24. The van der Waals surface area contributed by atoms with Crippen LogP contribution in [0.2, 0.25) is 15.1 Å². The summed E-state index contributed by atoms with van der Waals surface area (Å²) in [6.45, 7) is 0. The van der Waals surface area contributed by atoms with Gasteiger partial charge >= 0.3 is 17.9 Å². The lowest BCUT2D eigenvalue weighted by molar-refractivity contribution is -0.385. The average Bonchev–Trinajstić information content (AvgIpc) is 3.41. The molecule has 1 aliphatic rings. The highest BCUT2D eigenvalue weighted by molar-refractivity contribution is 8.14. The number of nitrogens with zero attached hydrogens (tertiary/aromatic N) is 1. The van der Waals surface area contributed by atoms with Crippen LogP contribution in [0.5, 0.6) is 0 Å². The molecule has 190 valence electrons. The van der Waals surface area contributed by atoms with E-state index in [9.17, 15) is 29.3 Å². The number of carbonyl (C=O) groups excluding carboxylic acids is 1. The maximum absolute atomic E-state index is 10.7. The van der Waals surface area contributed by atoms with Crippen LogP contribution in [-0.4, -0.2) is 60.2 Å². The van der Waals surface area contributed by atoms with Crippen LogP contribution in [0.1, 0.15) is 20.8 Å². The summed E-state index contributed by atoms with van der Waals surface area (Å²) in [6.07, 6.45) is 0. The van der Waals surface area contributed by atoms with Crippen molar-refractivity contribution in [1.29, 1.82) is 0 Å². The van der Waals surface area contributed by atoms with Crippen molar-refractivity contribution in [1.82, 2.24) is 10.3 Å². The Balaban J connectivity index is 0.000000195. The molecule has 0 spiro atoms. The second-order valence-electron chi connectivity index (χ2n) is 6.67. The van der Waals surface area contributed by atoms with Crippen LogP contribution in [-0.2, 0) is 4.79 Å². The zero-order valence-corrected chi connectivity index (χ0v) is 20.6. The van der Waals surface area contributed by atoms with E-state index in [1.54, 1.807) is 12.1 Å². The number of fused-ring (bicyclic) bond motifs is 1. The molecule has 1 fully saturated rings. The maximum Gasteiger partial charge on any atom is 0.352 e. The number of carbonyl (C=O) groups is 4. The van der Waals surface area contributed by atoms with Gasteiger partial charge in [-0.2, -0.15) is 0 Å². The summed E-state index contributed by atoms with van der Waals surface area (Å²) in [6, 6.07) is 7.72. The van der Waals surface area contributed by atoms with Crippen molar-refractivity contribution < 1.29 is 39.4 Å². The van der Waals surface area contributed by atoms with E-state index in [4.69, 9.17) is 50.1 Å². The Labute approximate surface area is 220 Å². The molecule has 12 nitrogen and oxygen atoms in total. The molecule has 0 bridgehead atoms. The first kappa shape index (κ1) is 28.7. The average molecular weight is 579 g/mol. The first-order valence-electron chi connectivity index (χ1n) is 9.35. The Kier molecular flexibility index (Phi) is 9.93. The number of carboxylic acid groups (broad SMARTS) is 3. The van der Waals surface area contributed by atoms with Gasteiger partial charge in [0.05, 0.1) is 15.0 Å². The summed E-state index contributed by atoms with van der Waals surface area (Å²) in [5.74, 6) is -3.05. The van der Waals surface area contributed by atoms with Gasteiger partial charge in [-0.1, -0.05) is 52.6 Å². The SMILES string of the molecule is O=C(O)c1c(Cl)cccc1[N+](=O)[O-].O=C(O)c1cc2c(Cl)cc(Cl)cc2[nH]1.O=C1NC(C(=O)O)CS1. The molecule has 0 radical (unpaired) electrons. The van der Waals surface area contributed by atoms with Gasteiger partial charge in [0.15, 0.2) is 5.56 Å². The van der Waals surface area contributed by atoms with Crippen molar-refractivity contribution in [3.63, 3.8) is 0 Å². The van der Waals surface area contributed by atoms with E-state index in [0.717, 1.165) is 17.8 Å². The minimum absolute atomic E-state index is 0.101. The highest BCUT2D eigenvalue weighted by atomic mass is 35.5. The molecule has 2 aromatic carbocycles. The first-order valence-corrected chi connectivity index (χ1v) is 11.5. The third kappa shape index (κ3) is 7.49. The number of nitrogens with one attached hydrogen (secondary N) is 2. The number of halogens is 3. The van der Waals surface area contributed by atoms with Crippen LogP contribution >= 0.6 is 46.6 Å². The summed E-state index contributed by atoms with van der Waals surface area (Å²) in [5.41, 5.74) is -0.252. The third-order valence-electron chi connectivity index (χ3n) is 4.26. The molecular formula is C20H14Cl3N3O9S. The Bertz CT molecular complexity index is 1360. The van der Waals surface area contributed by atoms with E-state index in [2.05, 4.69) is 10.3 Å². The number of aromatic nitrogens is 1. The molecule has 3 aromatic rings. The Hall–Kier alpha value is -3.52. The highest BCUT2D eigenvalue weighted by Crippen LogP contribution is 2.28. The van der Waals surface area contributed by atoms with Crippen molar-refractivity contribution in [3.05, 3.63) is 72.8 Å². The molecule has 4 rings (SSSR count). The van der Waals surface area contributed by atoms with E-state index in [1.165, 1.54) is 18.2 Å². The lowest BCUT2D eigenvalue weighted by atomic mass is 10.2. The smallest absolute Gasteiger partial charge is 0.352 e. The first-order chi connectivity index (χ1) is 16.8. The number of benzene rings is 2. The van der Waals surface area contributed by atoms with Crippen molar-refractivity contribution >= 4 is 86.3 Å². The molecule has 1 saturated heterocycles. The van der Waals surface area contributed by atoms with Crippen molar-refractivity contribution in [3.8, 4) is 0 Å². The molecule has 1 aromatic heterocycles. The number of H-pyrrole nitrogens is 1. The van der Waals surface area contributed by atoms with Crippen molar-refractivity contribution in [2.75, 3.05) is 5.75 Å². The predicted molar refractivity (Wildman–Crippen MR) is 133 cm³/mol. The molecule has 1 amide bonds. The molecule has 0 aliphatic carbocycles. The van der Waals surface area contributed by atoms with E-state index < -0.39 is 40.1 Å². The quantitative estimate of drug-likeness (QED) is 0.207. The molecule has 1 aliphatic heterocycles. The molecule has 2 heterocycles. The van der Waals surface area contributed by atoms with Gasteiger partial charge in [0.2, 0.25) is 0 Å². The number of rotatable bonds is 4. The number of nitro benzene ring substituents is 1. The van der Waals surface area contributed by atoms with Gasteiger partial charge in [-0.25, -0.2) is 14.4 Å². The summed E-state index contributed by atoms with van der Waals surface area (Å²) in [4.78, 5) is 54.0. The van der Waals surface area contributed by atoms with Gasteiger partial charge in [0, 0.05) is 27.7 Å². The third-order valence-corrected chi connectivity index (χ3v) is 5.98. The molecule has 1 atom stereocenters. The van der Waals surface area contributed by atoms with Crippen LogP contribution < -0.4 is 5.32 Å². The zero-order valence-electron chi connectivity index (χ0n) is 17.5. The summed E-state index contributed by atoms with van der Waals surface area (Å²) >= 11 is 18.1. The van der Waals surface area contributed by atoms with E-state index in [-0.39, 0.29) is 16.0 Å². The lowest BCUT2D eigenvalue weighted by Gasteiger charge is -1.98. The van der Waals surface area contributed by atoms with Gasteiger partial charge < -0.3 is 25.6 Å². The number of aromatic carboxylic acids is 2. The van der Waals surface area contributed by atoms with Gasteiger partial charge in [-0.05, 0) is 24.3 Å². The Morgan fingerprint density at radius 3 is 2.14 bits per heavy atom. The lowest BCUT2D eigenvalue weighted by Crippen LogP contribution is -2.33. The largest absolute Gasteiger partial charge is 0.480 e. The van der Waals surface area contributed by atoms with Crippen LogP contribution in [0, 0.1) is 10.1 Å². The Morgan fingerprint density at radius 2 is 1.69 bits per heavy atom. The second kappa shape index (κ2) is 12.4. The van der Waals surface area contributed by atoms with Crippen LogP contribution in [0.3, 0.4) is 0 Å². The zero-order chi connectivity index (χ0) is 27.2. The molecule has 16 heteroatoms. The maximum atomic E-state index is 10.7.